The van der Waals surface area contributed by atoms with Crippen molar-refractivity contribution in [3.63, 3.8) is 0 Å². The first-order valence-corrected chi connectivity index (χ1v) is 9.02. The zero-order chi connectivity index (χ0) is 18.3. The number of aromatic nitrogens is 4. The van der Waals surface area contributed by atoms with Gasteiger partial charge >= 0.3 is 6.03 Å². The number of aryl methyl sites for hydroxylation is 1. The standard InChI is InChI=1S/C17H22N6O3/c1-10(2)23-8-11(19-21-23)7-13-16(24)22(17(25)18-13)9-14-12-5-3-4-6-15(12)26-20-14/h8,10,13H,3-7,9H2,1-2H3,(H,18,25). The molecule has 9 heteroatoms. The van der Waals surface area contributed by atoms with E-state index in [0.717, 1.165) is 37.0 Å². The molecular formula is C17H22N6O3. The third kappa shape index (κ3) is 2.97. The van der Waals surface area contributed by atoms with Crippen LogP contribution >= 0.6 is 0 Å². The lowest BCUT2D eigenvalue weighted by Crippen LogP contribution is -2.32. The Morgan fingerprint density at radius 3 is 2.88 bits per heavy atom. The van der Waals surface area contributed by atoms with Crippen LogP contribution in [0.5, 0.6) is 0 Å². The Labute approximate surface area is 150 Å². The molecule has 1 aliphatic heterocycles. The SMILES string of the molecule is CC(C)n1cc(CC2NC(=O)N(Cc3noc4c3CCCC4)C2=O)nn1. The van der Waals surface area contributed by atoms with Crippen molar-refractivity contribution in [1.82, 2.24) is 30.4 Å². The van der Waals surface area contributed by atoms with E-state index < -0.39 is 12.1 Å². The molecule has 0 bridgehead atoms. The molecule has 3 amide bonds. The van der Waals surface area contributed by atoms with Gasteiger partial charge in [0.2, 0.25) is 0 Å². The van der Waals surface area contributed by atoms with Crippen molar-refractivity contribution in [2.24, 2.45) is 0 Å². The second-order valence-electron chi connectivity index (χ2n) is 7.15. The zero-order valence-electron chi connectivity index (χ0n) is 14.9. The average Bonchev–Trinajstić information content (AvgIpc) is 3.31. The highest BCUT2D eigenvalue weighted by Gasteiger charge is 2.39. The fourth-order valence-electron chi connectivity index (χ4n) is 3.46. The summed E-state index contributed by atoms with van der Waals surface area (Å²) in [4.78, 5) is 26.2. The number of nitrogens with zero attached hydrogens (tertiary/aromatic N) is 5. The molecule has 1 saturated heterocycles. The van der Waals surface area contributed by atoms with Crippen LogP contribution in [0.15, 0.2) is 10.7 Å². The van der Waals surface area contributed by atoms with E-state index in [2.05, 4.69) is 20.8 Å². The highest BCUT2D eigenvalue weighted by Crippen LogP contribution is 2.26. The van der Waals surface area contributed by atoms with E-state index in [0.29, 0.717) is 17.8 Å². The number of hydrogen-bond donors (Lipinski definition) is 1. The second kappa shape index (κ2) is 6.54. The highest BCUT2D eigenvalue weighted by atomic mass is 16.5. The number of carbonyl (C=O) groups excluding carboxylic acids is 2. The van der Waals surface area contributed by atoms with Crippen molar-refractivity contribution >= 4 is 11.9 Å². The van der Waals surface area contributed by atoms with Crippen molar-refractivity contribution in [3.8, 4) is 0 Å². The van der Waals surface area contributed by atoms with Crippen LogP contribution in [0, 0.1) is 0 Å². The second-order valence-corrected chi connectivity index (χ2v) is 7.15. The number of hydrogen-bond acceptors (Lipinski definition) is 6. The summed E-state index contributed by atoms with van der Waals surface area (Å²) >= 11 is 0. The molecule has 0 radical (unpaired) electrons. The third-order valence-electron chi connectivity index (χ3n) is 4.95. The van der Waals surface area contributed by atoms with Crippen molar-refractivity contribution in [1.29, 1.82) is 0 Å². The number of carbonyl (C=O) groups is 2. The lowest BCUT2D eigenvalue weighted by molar-refractivity contribution is -0.127. The summed E-state index contributed by atoms with van der Waals surface area (Å²) in [5, 5.41) is 14.9. The molecule has 1 N–H and O–H groups in total. The molecule has 2 aromatic rings. The number of fused-ring (bicyclic) bond motifs is 1. The molecule has 0 aromatic carbocycles. The molecule has 2 aliphatic rings. The Balaban J connectivity index is 1.46. The van der Waals surface area contributed by atoms with Gasteiger partial charge in [-0.2, -0.15) is 0 Å². The molecule has 26 heavy (non-hydrogen) atoms. The first-order valence-electron chi connectivity index (χ1n) is 9.02. The number of nitrogens with one attached hydrogen (secondary N) is 1. The molecule has 1 atom stereocenters. The van der Waals surface area contributed by atoms with Crippen LogP contribution in [0.1, 0.15) is 55.4 Å². The number of imide groups is 1. The molecular weight excluding hydrogens is 336 g/mol. The lowest BCUT2D eigenvalue weighted by atomic mass is 9.96. The van der Waals surface area contributed by atoms with Gasteiger partial charge in [-0.05, 0) is 33.1 Å². The van der Waals surface area contributed by atoms with Gasteiger partial charge < -0.3 is 9.84 Å². The van der Waals surface area contributed by atoms with Crippen LogP contribution in [0.3, 0.4) is 0 Å². The van der Waals surface area contributed by atoms with E-state index in [9.17, 15) is 9.59 Å². The maximum Gasteiger partial charge on any atom is 0.325 e. The minimum Gasteiger partial charge on any atom is -0.361 e. The van der Waals surface area contributed by atoms with E-state index in [4.69, 9.17) is 4.52 Å². The largest absolute Gasteiger partial charge is 0.361 e. The molecule has 0 spiro atoms. The smallest absolute Gasteiger partial charge is 0.325 e. The van der Waals surface area contributed by atoms with Gasteiger partial charge in [0, 0.05) is 30.6 Å². The molecule has 138 valence electrons. The predicted molar refractivity (Wildman–Crippen MR) is 90.1 cm³/mol. The first-order chi connectivity index (χ1) is 12.5. The number of amides is 3. The fourth-order valence-corrected chi connectivity index (χ4v) is 3.46. The summed E-state index contributed by atoms with van der Waals surface area (Å²) in [6, 6.07) is -0.827. The molecule has 0 saturated carbocycles. The van der Waals surface area contributed by atoms with E-state index in [1.54, 1.807) is 10.9 Å². The van der Waals surface area contributed by atoms with Crippen LogP contribution in [0.25, 0.3) is 0 Å². The van der Waals surface area contributed by atoms with Gasteiger partial charge in [0.25, 0.3) is 5.91 Å². The van der Waals surface area contributed by atoms with Crippen molar-refractivity contribution in [2.45, 2.75) is 64.6 Å². The Bertz CT molecular complexity index is 839. The Morgan fingerprint density at radius 1 is 1.31 bits per heavy atom. The van der Waals surface area contributed by atoms with E-state index in [-0.39, 0.29) is 18.5 Å². The van der Waals surface area contributed by atoms with Gasteiger partial charge in [-0.3, -0.25) is 9.69 Å². The normalized spacial score (nSPS) is 20.0. The van der Waals surface area contributed by atoms with Gasteiger partial charge in [0.15, 0.2) is 0 Å². The highest BCUT2D eigenvalue weighted by molar-refractivity contribution is 6.04. The fraction of sp³-hybridized carbons (Fsp3) is 0.588. The third-order valence-corrected chi connectivity index (χ3v) is 4.95. The van der Waals surface area contributed by atoms with Gasteiger partial charge in [-0.1, -0.05) is 10.4 Å². The van der Waals surface area contributed by atoms with Gasteiger partial charge in [-0.15, -0.1) is 5.10 Å². The zero-order valence-corrected chi connectivity index (χ0v) is 14.9. The van der Waals surface area contributed by atoms with Gasteiger partial charge in [-0.25, -0.2) is 9.48 Å². The summed E-state index contributed by atoms with van der Waals surface area (Å²) in [6.45, 7) is 4.15. The van der Waals surface area contributed by atoms with E-state index in [1.807, 2.05) is 13.8 Å². The van der Waals surface area contributed by atoms with Crippen LogP contribution in [-0.2, 0) is 30.6 Å². The van der Waals surface area contributed by atoms with Crippen LogP contribution in [-0.4, -0.2) is 43.0 Å². The lowest BCUT2D eigenvalue weighted by Gasteiger charge is -2.13. The molecule has 9 nitrogen and oxygen atoms in total. The molecule has 1 aliphatic carbocycles. The monoisotopic (exact) mass is 358 g/mol. The first kappa shape index (κ1) is 16.7. The van der Waals surface area contributed by atoms with E-state index in [1.165, 1.54) is 4.90 Å². The van der Waals surface area contributed by atoms with Gasteiger partial charge in [0.1, 0.15) is 17.5 Å². The topological polar surface area (TPSA) is 106 Å². The Hall–Kier alpha value is -2.71. The average molecular weight is 358 g/mol. The summed E-state index contributed by atoms with van der Waals surface area (Å²) in [5.41, 5.74) is 2.42. The number of rotatable bonds is 5. The Kier molecular flexibility index (Phi) is 4.21. The van der Waals surface area contributed by atoms with Crippen molar-refractivity contribution < 1.29 is 14.1 Å². The van der Waals surface area contributed by atoms with Crippen LogP contribution < -0.4 is 5.32 Å². The summed E-state index contributed by atoms with van der Waals surface area (Å²) < 4.78 is 7.11. The maximum atomic E-state index is 12.7. The number of urea groups is 1. The minimum absolute atomic E-state index is 0.151. The summed E-state index contributed by atoms with van der Waals surface area (Å²) in [5.74, 6) is 0.627. The molecule has 1 unspecified atom stereocenters. The van der Waals surface area contributed by atoms with Crippen LogP contribution in [0.4, 0.5) is 4.79 Å². The predicted octanol–water partition coefficient (Wildman–Crippen LogP) is 1.39. The summed E-state index contributed by atoms with van der Waals surface area (Å²) in [6.07, 6.45) is 6.06. The van der Waals surface area contributed by atoms with Crippen molar-refractivity contribution in [2.75, 3.05) is 0 Å². The molecule has 4 rings (SSSR count). The Morgan fingerprint density at radius 2 is 2.12 bits per heavy atom. The van der Waals surface area contributed by atoms with Crippen molar-refractivity contribution in [3.05, 3.63) is 28.9 Å². The quantitative estimate of drug-likeness (QED) is 0.810. The maximum absolute atomic E-state index is 12.7. The summed E-state index contributed by atoms with van der Waals surface area (Å²) in [7, 11) is 0. The molecule has 3 heterocycles. The van der Waals surface area contributed by atoms with Crippen LogP contribution in [0.2, 0.25) is 0 Å². The minimum atomic E-state index is -0.623. The molecule has 1 fully saturated rings. The molecule has 2 aromatic heterocycles. The van der Waals surface area contributed by atoms with Gasteiger partial charge in [0.05, 0.1) is 12.2 Å². The van der Waals surface area contributed by atoms with E-state index >= 15 is 0 Å².